The molecule has 1 fully saturated rings. The van der Waals surface area contributed by atoms with Crippen molar-refractivity contribution in [1.29, 1.82) is 0 Å². The van der Waals surface area contributed by atoms with Crippen molar-refractivity contribution in [2.24, 2.45) is 0 Å². The SMILES string of the molecule is CCC(=Cc1cccc(C2CC2)c1)CBr. The lowest BCUT2D eigenvalue weighted by Gasteiger charge is -2.02. The number of rotatable bonds is 4. The van der Waals surface area contributed by atoms with Crippen molar-refractivity contribution >= 4 is 22.0 Å². The van der Waals surface area contributed by atoms with E-state index in [1.54, 1.807) is 0 Å². The lowest BCUT2D eigenvalue weighted by Crippen LogP contribution is -1.84. The molecule has 0 amide bonds. The summed E-state index contributed by atoms with van der Waals surface area (Å²) in [6, 6.07) is 8.98. The first-order chi connectivity index (χ1) is 7.33. The molecule has 80 valence electrons. The maximum absolute atomic E-state index is 3.53. The Hall–Kier alpha value is -0.560. The highest BCUT2D eigenvalue weighted by Gasteiger charge is 2.23. The van der Waals surface area contributed by atoms with Crippen LogP contribution in [0.15, 0.2) is 29.8 Å². The predicted molar refractivity (Wildman–Crippen MR) is 70.5 cm³/mol. The van der Waals surface area contributed by atoms with E-state index < -0.39 is 0 Å². The Kier molecular flexibility index (Phi) is 3.63. The highest BCUT2D eigenvalue weighted by Crippen LogP contribution is 2.40. The van der Waals surface area contributed by atoms with E-state index in [2.05, 4.69) is 53.2 Å². The smallest absolute Gasteiger partial charge is 0.0245 e. The van der Waals surface area contributed by atoms with Crippen molar-refractivity contribution in [2.45, 2.75) is 32.1 Å². The first kappa shape index (κ1) is 10.9. The van der Waals surface area contributed by atoms with Crippen LogP contribution in [0.3, 0.4) is 0 Å². The summed E-state index contributed by atoms with van der Waals surface area (Å²) in [5.41, 5.74) is 4.34. The van der Waals surface area contributed by atoms with E-state index in [-0.39, 0.29) is 0 Å². The Balaban J connectivity index is 2.20. The zero-order valence-electron chi connectivity index (χ0n) is 9.17. The molecule has 0 aliphatic heterocycles. The molecular formula is C14H17Br. The Bertz CT molecular complexity index is 355. The van der Waals surface area contributed by atoms with Gasteiger partial charge in [-0.05, 0) is 36.3 Å². The second-order valence-corrected chi connectivity index (χ2v) is 4.79. The Morgan fingerprint density at radius 1 is 1.47 bits per heavy atom. The molecular weight excluding hydrogens is 248 g/mol. The van der Waals surface area contributed by atoms with Crippen molar-refractivity contribution in [3.63, 3.8) is 0 Å². The molecule has 1 saturated carbocycles. The quantitative estimate of drug-likeness (QED) is 0.689. The molecule has 2 rings (SSSR count). The largest absolute Gasteiger partial charge is 0.0880 e. The zero-order chi connectivity index (χ0) is 10.7. The fourth-order valence-corrected chi connectivity index (χ4v) is 2.35. The molecule has 1 aliphatic rings. The number of hydrogen-bond donors (Lipinski definition) is 0. The Morgan fingerprint density at radius 3 is 2.87 bits per heavy atom. The van der Waals surface area contributed by atoms with E-state index in [9.17, 15) is 0 Å². The number of benzene rings is 1. The van der Waals surface area contributed by atoms with E-state index in [0.29, 0.717) is 0 Å². The van der Waals surface area contributed by atoms with Gasteiger partial charge in [0.15, 0.2) is 0 Å². The average molecular weight is 265 g/mol. The van der Waals surface area contributed by atoms with Gasteiger partial charge in [-0.25, -0.2) is 0 Å². The van der Waals surface area contributed by atoms with E-state index in [4.69, 9.17) is 0 Å². The van der Waals surface area contributed by atoms with Crippen LogP contribution in [0.2, 0.25) is 0 Å². The van der Waals surface area contributed by atoms with E-state index in [1.165, 1.54) is 29.5 Å². The van der Waals surface area contributed by atoms with Crippen LogP contribution in [0.25, 0.3) is 6.08 Å². The molecule has 0 atom stereocenters. The summed E-state index contributed by atoms with van der Waals surface area (Å²) < 4.78 is 0. The zero-order valence-corrected chi connectivity index (χ0v) is 10.8. The molecule has 0 N–H and O–H groups in total. The molecule has 15 heavy (non-hydrogen) atoms. The van der Waals surface area contributed by atoms with Gasteiger partial charge < -0.3 is 0 Å². The molecule has 1 aromatic carbocycles. The standard InChI is InChI=1S/C14H17Br/c1-2-11(10-15)8-12-4-3-5-14(9-12)13-6-7-13/h3-5,8-9,13H,2,6-7,10H2,1H3. The molecule has 0 bridgehead atoms. The monoisotopic (exact) mass is 264 g/mol. The van der Waals surface area contributed by atoms with Gasteiger partial charge in [0, 0.05) is 5.33 Å². The van der Waals surface area contributed by atoms with Crippen molar-refractivity contribution in [3.05, 3.63) is 41.0 Å². The third-order valence-corrected chi connectivity index (χ3v) is 3.68. The average Bonchev–Trinajstić information content (AvgIpc) is 3.10. The van der Waals surface area contributed by atoms with E-state index >= 15 is 0 Å². The molecule has 1 heteroatoms. The first-order valence-corrected chi connectivity index (χ1v) is 6.81. The van der Waals surface area contributed by atoms with Crippen LogP contribution in [0, 0.1) is 0 Å². The lowest BCUT2D eigenvalue weighted by atomic mass is 10.0. The maximum Gasteiger partial charge on any atom is 0.0245 e. The van der Waals surface area contributed by atoms with Crippen molar-refractivity contribution in [2.75, 3.05) is 5.33 Å². The lowest BCUT2D eigenvalue weighted by molar-refractivity contribution is 1.12. The molecule has 0 heterocycles. The van der Waals surface area contributed by atoms with Crippen LogP contribution >= 0.6 is 15.9 Å². The molecule has 0 aromatic heterocycles. The normalized spacial score (nSPS) is 16.8. The Morgan fingerprint density at radius 2 is 2.27 bits per heavy atom. The minimum Gasteiger partial charge on any atom is -0.0880 e. The van der Waals surface area contributed by atoms with Crippen LogP contribution in [-0.2, 0) is 0 Å². The molecule has 0 radical (unpaired) electrons. The number of alkyl halides is 1. The van der Waals surface area contributed by atoms with Gasteiger partial charge in [-0.15, -0.1) is 0 Å². The summed E-state index contributed by atoms with van der Waals surface area (Å²) in [7, 11) is 0. The summed E-state index contributed by atoms with van der Waals surface area (Å²) >= 11 is 3.53. The first-order valence-electron chi connectivity index (χ1n) is 5.69. The summed E-state index contributed by atoms with van der Waals surface area (Å²) in [5, 5.41) is 0.983. The van der Waals surface area contributed by atoms with E-state index in [1.807, 2.05) is 0 Å². The van der Waals surface area contributed by atoms with Gasteiger partial charge in [0.05, 0.1) is 0 Å². The second kappa shape index (κ2) is 4.98. The van der Waals surface area contributed by atoms with Gasteiger partial charge in [0.2, 0.25) is 0 Å². The van der Waals surface area contributed by atoms with Crippen molar-refractivity contribution in [3.8, 4) is 0 Å². The molecule has 0 spiro atoms. The second-order valence-electron chi connectivity index (χ2n) is 4.23. The van der Waals surface area contributed by atoms with Gasteiger partial charge >= 0.3 is 0 Å². The molecule has 0 unspecified atom stereocenters. The van der Waals surface area contributed by atoms with E-state index in [0.717, 1.165) is 17.7 Å². The molecule has 1 aliphatic carbocycles. The summed E-state index contributed by atoms with van der Waals surface area (Å²) in [4.78, 5) is 0. The van der Waals surface area contributed by atoms with Gasteiger partial charge in [-0.3, -0.25) is 0 Å². The minimum atomic E-state index is 0.854. The van der Waals surface area contributed by atoms with Gasteiger partial charge in [0.25, 0.3) is 0 Å². The van der Waals surface area contributed by atoms with Crippen LogP contribution in [0.4, 0.5) is 0 Å². The highest BCUT2D eigenvalue weighted by molar-refractivity contribution is 9.09. The fraction of sp³-hybridized carbons (Fsp3) is 0.429. The van der Waals surface area contributed by atoms with Crippen LogP contribution in [-0.4, -0.2) is 5.33 Å². The van der Waals surface area contributed by atoms with Crippen molar-refractivity contribution < 1.29 is 0 Å². The number of halogens is 1. The van der Waals surface area contributed by atoms with Gasteiger partial charge in [0.1, 0.15) is 0 Å². The van der Waals surface area contributed by atoms with Crippen LogP contribution < -0.4 is 0 Å². The van der Waals surface area contributed by atoms with Crippen LogP contribution in [0.1, 0.15) is 43.2 Å². The highest BCUT2D eigenvalue weighted by atomic mass is 79.9. The third-order valence-electron chi connectivity index (χ3n) is 2.96. The van der Waals surface area contributed by atoms with Gasteiger partial charge in [-0.1, -0.05) is 58.8 Å². The van der Waals surface area contributed by atoms with Crippen LogP contribution in [0.5, 0.6) is 0 Å². The van der Waals surface area contributed by atoms with Gasteiger partial charge in [-0.2, -0.15) is 0 Å². The summed E-state index contributed by atoms with van der Waals surface area (Å²) in [6.45, 7) is 2.21. The number of hydrogen-bond acceptors (Lipinski definition) is 0. The Labute approximate surface area is 101 Å². The summed E-state index contributed by atoms with van der Waals surface area (Å²) in [5.74, 6) is 0.854. The predicted octanol–water partition coefficient (Wildman–Crippen LogP) is 4.75. The molecule has 0 saturated heterocycles. The summed E-state index contributed by atoms with van der Waals surface area (Å²) in [6.07, 6.45) is 6.19. The topological polar surface area (TPSA) is 0 Å². The fourth-order valence-electron chi connectivity index (χ4n) is 1.79. The molecule has 1 aromatic rings. The molecule has 0 nitrogen and oxygen atoms in total. The third kappa shape index (κ3) is 2.94. The van der Waals surface area contributed by atoms with Crippen molar-refractivity contribution in [1.82, 2.24) is 0 Å². The maximum atomic E-state index is 3.53. The number of allylic oxidation sites excluding steroid dienone is 1. The minimum absolute atomic E-state index is 0.854.